The van der Waals surface area contributed by atoms with E-state index in [4.69, 9.17) is 0 Å². The van der Waals surface area contributed by atoms with Gasteiger partial charge in [0.1, 0.15) is 0 Å². The van der Waals surface area contributed by atoms with Crippen molar-refractivity contribution in [3.63, 3.8) is 0 Å². The lowest BCUT2D eigenvalue weighted by Gasteiger charge is -2.13. The molecule has 1 aromatic carbocycles. The predicted octanol–water partition coefficient (Wildman–Crippen LogP) is 2.35. The van der Waals surface area contributed by atoms with Crippen molar-refractivity contribution >= 4 is 12.2 Å². The highest BCUT2D eigenvalue weighted by molar-refractivity contribution is 5.85. The van der Waals surface area contributed by atoms with Crippen LogP contribution in [0, 0.1) is 0 Å². The molecule has 1 amide bonds. The second-order valence-corrected chi connectivity index (χ2v) is 3.35. The third-order valence-electron chi connectivity index (χ3n) is 2.29. The molecule has 17 heavy (non-hydrogen) atoms. The van der Waals surface area contributed by atoms with Gasteiger partial charge in [-0.3, -0.25) is 9.59 Å². The van der Waals surface area contributed by atoms with Gasteiger partial charge in [-0.1, -0.05) is 51.1 Å². The molecule has 0 aliphatic rings. The van der Waals surface area contributed by atoms with E-state index >= 15 is 0 Å². The number of carbonyl (C=O) groups is 2. The third-order valence-corrected chi connectivity index (χ3v) is 2.29. The molecule has 94 valence electrons. The lowest BCUT2D eigenvalue weighted by molar-refractivity contribution is -0.123. The van der Waals surface area contributed by atoms with Crippen LogP contribution in [0.4, 0.5) is 0 Å². The third kappa shape index (κ3) is 5.85. The molecule has 0 spiro atoms. The van der Waals surface area contributed by atoms with Gasteiger partial charge in [-0.25, -0.2) is 0 Å². The molecule has 3 heteroatoms. The van der Waals surface area contributed by atoms with Gasteiger partial charge in [0, 0.05) is 6.42 Å². The average molecular weight is 235 g/mol. The molecule has 1 N–H and O–H groups in total. The Hall–Kier alpha value is -1.64. The molecule has 0 radical (unpaired) electrons. The fourth-order valence-electron chi connectivity index (χ4n) is 1.44. The van der Waals surface area contributed by atoms with Crippen molar-refractivity contribution in [3.05, 3.63) is 35.9 Å². The Kier molecular flexibility index (Phi) is 8.65. The standard InChI is InChI=1S/C12H15NO2.C2H6/c1-2-12(15)11(13-9-14)8-10-6-4-3-5-7-10;1-2/h3-7,9,11H,2,8H2,1H3,(H,13,14);1-2H3. The fraction of sp³-hybridized carbons (Fsp3) is 0.429. The van der Waals surface area contributed by atoms with Crippen molar-refractivity contribution in [1.29, 1.82) is 0 Å². The van der Waals surface area contributed by atoms with E-state index in [1.165, 1.54) is 0 Å². The van der Waals surface area contributed by atoms with Gasteiger partial charge in [-0.2, -0.15) is 0 Å². The predicted molar refractivity (Wildman–Crippen MR) is 69.8 cm³/mol. The van der Waals surface area contributed by atoms with Crippen LogP contribution >= 0.6 is 0 Å². The average Bonchev–Trinajstić information content (AvgIpc) is 2.41. The van der Waals surface area contributed by atoms with Crippen LogP contribution in [-0.2, 0) is 16.0 Å². The number of benzene rings is 1. The molecule has 0 aliphatic heterocycles. The molecule has 0 aromatic heterocycles. The first-order valence-electron chi connectivity index (χ1n) is 6.04. The van der Waals surface area contributed by atoms with Crippen LogP contribution in [0.25, 0.3) is 0 Å². The van der Waals surface area contributed by atoms with Crippen LogP contribution in [0.1, 0.15) is 32.8 Å². The highest BCUT2D eigenvalue weighted by Gasteiger charge is 2.15. The largest absolute Gasteiger partial charge is 0.349 e. The fourth-order valence-corrected chi connectivity index (χ4v) is 1.44. The summed E-state index contributed by atoms with van der Waals surface area (Å²) in [6.45, 7) is 5.80. The summed E-state index contributed by atoms with van der Waals surface area (Å²) in [7, 11) is 0. The molecule has 1 unspecified atom stereocenters. The Morgan fingerprint density at radius 1 is 1.29 bits per heavy atom. The van der Waals surface area contributed by atoms with E-state index in [0.29, 0.717) is 19.3 Å². The number of hydrogen-bond donors (Lipinski definition) is 1. The molecular weight excluding hydrogens is 214 g/mol. The minimum absolute atomic E-state index is 0.0611. The van der Waals surface area contributed by atoms with Gasteiger partial charge < -0.3 is 5.32 Å². The highest BCUT2D eigenvalue weighted by Crippen LogP contribution is 2.04. The zero-order chi connectivity index (χ0) is 13.1. The van der Waals surface area contributed by atoms with E-state index in [0.717, 1.165) is 5.56 Å². The molecule has 0 saturated carbocycles. The van der Waals surface area contributed by atoms with Gasteiger partial charge in [0.15, 0.2) is 5.78 Å². The maximum absolute atomic E-state index is 11.5. The van der Waals surface area contributed by atoms with E-state index in [9.17, 15) is 9.59 Å². The summed E-state index contributed by atoms with van der Waals surface area (Å²) in [5.41, 5.74) is 1.05. The Morgan fingerprint density at radius 3 is 2.35 bits per heavy atom. The summed E-state index contributed by atoms with van der Waals surface area (Å²) in [4.78, 5) is 21.8. The molecule has 0 bridgehead atoms. The number of hydrogen-bond acceptors (Lipinski definition) is 2. The van der Waals surface area contributed by atoms with E-state index in [2.05, 4.69) is 5.32 Å². The number of carbonyl (C=O) groups excluding carboxylic acids is 2. The van der Waals surface area contributed by atoms with E-state index in [-0.39, 0.29) is 5.78 Å². The first kappa shape index (κ1) is 15.4. The SMILES string of the molecule is CC.CCC(=O)C(Cc1ccccc1)NC=O. The van der Waals surface area contributed by atoms with Gasteiger partial charge in [-0.15, -0.1) is 0 Å². The summed E-state index contributed by atoms with van der Waals surface area (Å²) in [6, 6.07) is 9.26. The van der Waals surface area contributed by atoms with Gasteiger partial charge in [0.2, 0.25) is 6.41 Å². The van der Waals surface area contributed by atoms with Crippen molar-refractivity contribution in [2.45, 2.75) is 39.7 Å². The molecule has 0 fully saturated rings. The summed E-state index contributed by atoms with van der Waals surface area (Å²) >= 11 is 0. The first-order valence-corrected chi connectivity index (χ1v) is 6.04. The van der Waals surface area contributed by atoms with E-state index < -0.39 is 6.04 Å². The van der Waals surface area contributed by atoms with Crippen molar-refractivity contribution in [2.75, 3.05) is 0 Å². The summed E-state index contributed by atoms with van der Waals surface area (Å²) in [6.07, 6.45) is 1.59. The summed E-state index contributed by atoms with van der Waals surface area (Å²) in [5, 5.41) is 2.55. The van der Waals surface area contributed by atoms with Crippen molar-refractivity contribution < 1.29 is 9.59 Å². The summed E-state index contributed by atoms with van der Waals surface area (Å²) < 4.78 is 0. The highest BCUT2D eigenvalue weighted by atomic mass is 16.1. The van der Waals surface area contributed by atoms with Crippen LogP contribution < -0.4 is 5.32 Å². The van der Waals surface area contributed by atoms with Crippen LogP contribution in [-0.4, -0.2) is 18.2 Å². The number of nitrogens with one attached hydrogen (secondary N) is 1. The van der Waals surface area contributed by atoms with Crippen molar-refractivity contribution in [3.8, 4) is 0 Å². The lowest BCUT2D eigenvalue weighted by Crippen LogP contribution is -2.37. The molecule has 1 rings (SSSR count). The molecule has 3 nitrogen and oxygen atoms in total. The molecule has 1 atom stereocenters. The minimum atomic E-state index is -0.394. The van der Waals surface area contributed by atoms with E-state index in [1.807, 2.05) is 44.2 Å². The van der Waals surface area contributed by atoms with Gasteiger partial charge in [0.25, 0.3) is 0 Å². The second-order valence-electron chi connectivity index (χ2n) is 3.35. The van der Waals surface area contributed by atoms with Crippen LogP contribution in [0.3, 0.4) is 0 Å². The van der Waals surface area contributed by atoms with Gasteiger partial charge >= 0.3 is 0 Å². The Labute approximate surface area is 103 Å². The number of ketones is 1. The molecule has 0 saturated heterocycles. The molecular formula is C14H21NO2. The smallest absolute Gasteiger partial charge is 0.207 e. The summed E-state index contributed by atoms with van der Waals surface area (Å²) in [5.74, 6) is 0.0611. The second kappa shape index (κ2) is 9.58. The van der Waals surface area contributed by atoms with Crippen molar-refractivity contribution in [2.24, 2.45) is 0 Å². The quantitative estimate of drug-likeness (QED) is 0.769. The van der Waals surface area contributed by atoms with E-state index in [1.54, 1.807) is 6.92 Å². The van der Waals surface area contributed by atoms with Crippen molar-refractivity contribution in [1.82, 2.24) is 5.32 Å². The zero-order valence-corrected chi connectivity index (χ0v) is 10.8. The maximum atomic E-state index is 11.5. The topological polar surface area (TPSA) is 46.2 Å². The molecule has 0 aliphatic carbocycles. The first-order chi connectivity index (χ1) is 8.27. The lowest BCUT2D eigenvalue weighted by atomic mass is 10.0. The van der Waals surface area contributed by atoms with Crippen LogP contribution in [0.15, 0.2) is 30.3 Å². The number of amides is 1. The Bertz CT molecular complexity index is 322. The van der Waals surface area contributed by atoms with Crippen LogP contribution in [0.5, 0.6) is 0 Å². The van der Waals surface area contributed by atoms with Gasteiger partial charge in [-0.05, 0) is 12.0 Å². The monoisotopic (exact) mass is 235 g/mol. The normalized spacial score (nSPS) is 10.8. The van der Waals surface area contributed by atoms with Gasteiger partial charge in [0.05, 0.1) is 6.04 Å². The zero-order valence-electron chi connectivity index (χ0n) is 10.8. The number of Topliss-reactive ketones (excluding diaryl/α,β-unsaturated/α-hetero) is 1. The minimum Gasteiger partial charge on any atom is -0.349 e. The maximum Gasteiger partial charge on any atom is 0.207 e. The van der Waals surface area contributed by atoms with Crippen LogP contribution in [0.2, 0.25) is 0 Å². The molecule has 1 aromatic rings. The Balaban J connectivity index is 0.00000121. The molecule has 0 heterocycles. The number of rotatable bonds is 6. The Morgan fingerprint density at radius 2 is 1.88 bits per heavy atom.